The Bertz CT molecular complexity index is 404. The summed E-state index contributed by atoms with van der Waals surface area (Å²) in [4.78, 5) is 48.7. The van der Waals surface area contributed by atoms with Gasteiger partial charge in [-0.05, 0) is 13.5 Å². The van der Waals surface area contributed by atoms with Crippen LogP contribution in [0.25, 0.3) is 0 Å². The third kappa shape index (κ3) is 3.77. The largest absolute Gasteiger partial charge is 0.468 e. The fraction of sp³-hybridized carbons (Fsp3) is 0.667. The van der Waals surface area contributed by atoms with Crippen molar-refractivity contribution in [2.75, 3.05) is 33.5 Å². The molecule has 0 aromatic heterocycles. The van der Waals surface area contributed by atoms with Crippen LogP contribution < -0.4 is 0 Å². The first kappa shape index (κ1) is 16.1. The van der Waals surface area contributed by atoms with Gasteiger partial charge in [-0.25, -0.2) is 4.90 Å². The summed E-state index contributed by atoms with van der Waals surface area (Å²) in [5.74, 6) is -3.52. The predicted molar refractivity (Wildman–Crippen MR) is 66.1 cm³/mol. The maximum absolute atomic E-state index is 11.7. The van der Waals surface area contributed by atoms with E-state index in [0.29, 0.717) is 6.54 Å². The lowest BCUT2D eigenvalue weighted by Gasteiger charge is -2.31. The molecule has 1 atom stereocenters. The van der Waals surface area contributed by atoms with Gasteiger partial charge in [0.05, 0.1) is 20.2 Å². The second-order valence-corrected chi connectivity index (χ2v) is 4.36. The smallest absolute Gasteiger partial charge is 0.321 e. The number of carbonyl (C=O) groups is 4. The van der Waals surface area contributed by atoms with Gasteiger partial charge in [0.2, 0.25) is 11.8 Å². The van der Waals surface area contributed by atoms with Crippen molar-refractivity contribution in [3.63, 3.8) is 0 Å². The Morgan fingerprint density at radius 2 is 1.75 bits per heavy atom. The Labute approximate surface area is 116 Å². The van der Waals surface area contributed by atoms with Crippen molar-refractivity contribution in [2.24, 2.45) is 5.92 Å². The number of imide groups is 1. The van der Waals surface area contributed by atoms with Crippen LogP contribution in [0.5, 0.6) is 0 Å². The van der Waals surface area contributed by atoms with E-state index in [9.17, 15) is 19.2 Å². The van der Waals surface area contributed by atoms with Crippen molar-refractivity contribution in [3.8, 4) is 0 Å². The number of hydrogen-bond donors (Lipinski definition) is 0. The standard InChI is InChI=1S/C12H18N2O6/c1-4-13-5-9(15)14(10(16)6-13)7-20-12(18)8(2)11(17)19-3/h8H,4-7H2,1-3H3. The van der Waals surface area contributed by atoms with Crippen LogP contribution in [0.3, 0.4) is 0 Å². The van der Waals surface area contributed by atoms with Gasteiger partial charge in [0.15, 0.2) is 12.6 Å². The topological polar surface area (TPSA) is 93.2 Å². The molecule has 1 rings (SSSR count). The average molecular weight is 286 g/mol. The molecule has 2 amide bonds. The number of hydrogen-bond acceptors (Lipinski definition) is 7. The molecule has 1 aliphatic heterocycles. The van der Waals surface area contributed by atoms with Gasteiger partial charge in [0, 0.05) is 0 Å². The van der Waals surface area contributed by atoms with E-state index in [-0.39, 0.29) is 13.1 Å². The monoisotopic (exact) mass is 286 g/mol. The van der Waals surface area contributed by atoms with E-state index in [1.807, 2.05) is 6.92 Å². The van der Waals surface area contributed by atoms with Crippen molar-refractivity contribution in [1.29, 1.82) is 0 Å². The van der Waals surface area contributed by atoms with Crippen LogP contribution in [0.1, 0.15) is 13.8 Å². The summed E-state index contributed by atoms with van der Waals surface area (Å²) in [6, 6.07) is 0. The molecular weight excluding hydrogens is 268 g/mol. The lowest BCUT2D eigenvalue weighted by Crippen LogP contribution is -2.54. The first-order valence-electron chi connectivity index (χ1n) is 6.20. The Hall–Kier alpha value is -1.96. The highest BCUT2D eigenvalue weighted by Crippen LogP contribution is 2.07. The van der Waals surface area contributed by atoms with Crippen LogP contribution in [0.15, 0.2) is 0 Å². The van der Waals surface area contributed by atoms with Gasteiger partial charge in [-0.3, -0.25) is 24.1 Å². The SMILES string of the molecule is CCN1CC(=O)N(COC(=O)C(C)C(=O)OC)C(=O)C1. The minimum atomic E-state index is -1.10. The van der Waals surface area contributed by atoms with Crippen LogP contribution in [0, 0.1) is 5.92 Å². The summed E-state index contributed by atoms with van der Waals surface area (Å²) < 4.78 is 9.20. The van der Waals surface area contributed by atoms with E-state index >= 15 is 0 Å². The number of esters is 2. The maximum Gasteiger partial charge on any atom is 0.321 e. The summed E-state index contributed by atoms with van der Waals surface area (Å²) in [5.41, 5.74) is 0. The van der Waals surface area contributed by atoms with Crippen LogP contribution in [-0.4, -0.2) is 67.0 Å². The molecule has 0 aliphatic carbocycles. The summed E-state index contributed by atoms with van der Waals surface area (Å²) in [5, 5.41) is 0. The van der Waals surface area contributed by atoms with Gasteiger partial charge in [-0.2, -0.15) is 0 Å². The molecule has 1 saturated heterocycles. The van der Waals surface area contributed by atoms with Crippen LogP contribution in [0.4, 0.5) is 0 Å². The Balaban J connectivity index is 2.53. The number of amides is 2. The predicted octanol–water partition coefficient (Wildman–Crippen LogP) is -1.01. The Morgan fingerprint density at radius 3 is 2.20 bits per heavy atom. The van der Waals surface area contributed by atoms with Crippen molar-refractivity contribution >= 4 is 23.8 Å². The lowest BCUT2D eigenvalue weighted by atomic mass is 10.2. The molecule has 0 radical (unpaired) electrons. The quantitative estimate of drug-likeness (QED) is 0.363. The van der Waals surface area contributed by atoms with Gasteiger partial charge < -0.3 is 9.47 Å². The van der Waals surface area contributed by atoms with Crippen LogP contribution in [0.2, 0.25) is 0 Å². The normalized spacial score (nSPS) is 17.9. The number of piperazine rings is 1. The van der Waals surface area contributed by atoms with Gasteiger partial charge >= 0.3 is 11.9 Å². The molecule has 112 valence electrons. The summed E-state index contributed by atoms with van der Waals surface area (Å²) in [6.07, 6.45) is 0. The first-order valence-corrected chi connectivity index (χ1v) is 6.20. The molecule has 0 saturated carbocycles. The number of methoxy groups -OCH3 is 1. The van der Waals surface area contributed by atoms with Crippen molar-refractivity contribution in [2.45, 2.75) is 13.8 Å². The molecule has 1 unspecified atom stereocenters. The molecule has 0 aromatic rings. The van der Waals surface area contributed by atoms with Crippen molar-refractivity contribution in [3.05, 3.63) is 0 Å². The molecule has 8 heteroatoms. The number of ether oxygens (including phenoxy) is 2. The average Bonchev–Trinajstić information content (AvgIpc) is 2.43. The van der Waals surface area contributed by atoms with Gasteiger partial charge in [-0.15, -0.1) is 0 Å². The maximum atomic E-state index is 11.7. The zero-order valence-electron chi connectivity index (χ0n) is 11.7. The third-order valence-corrected chi connectivity index (χ3v) is 3.01. The van der Waals surface area contributed by atoms with Gasteiger partial charge in [-0.1, -0.05) is 6.92 Å². The van der Waals surface area contributed by atoms with E-state index < -0.39 is 36.4 Å². The van der Waals surface area contributed by atoms with E-state index in [1.165, 1.54) is 6.92 Å². The Kier molecular flexibility index (Phi) is 5.63. The van der Waals surface area contributed by atoms with E-state index in [1.54, 1.807) is 4.90 Å². The van der Waals surface area contributed by atoms with Crippen molar-refractivity contribution in [1.82, 2.24) is 9.80 Å². The van der Waals surface area contributed by atoms with Crippen LogP contribution in [-0.2, 0) is 28.7 Å². The zero-order valence-corrected chi connectivity index (χ0v) is 11.7. The summed E-state index contributed by atoms with van der Waals surface area (Å²) in [6.45, 7) is 3.49. The highest BCUT2D eigenvalue weighted by molar-refractivity contribution is 5.99. The molecule has 8 nitrogen and oxygen atoms in total. The van der Waals surface area contributed by atoms with Crippen LogP contribution >= 0.6 is 0 Å². The first-order chi connectivity index (χ1) is 9.40. The van der Waals surface area contributed by atoms with E-state index in [2.05, 4.69) is 4.74 Å². The molecule has 0 bridgehead atoms. The van der Waals surface area contributed by atoms with Crippen molar-refractivity contribution < 1.29 is 28.7 Å². The van der Waals surface area contributed by atoms with E-state index in [4.69, 9.17) is 4.74 Å². The summed E-state index contributed by atoms with van der Waals surface area (Å²) in [7, 11) is 1.16. The fourth-order valence-electron chi connectivity index (χ4n) is 1.64. The molecular formula is C12H18N2O6. The van der Waals surface area contributed by atoms with Gasteiger partial charge in [0.1, 0.15) is 0 Å². The lowest BCUT2D eigenvalue weighted by molar-refractivity contribution is -0.168. The van der Waals surface area contributed by atoms with Gasteiger partial charge in [0.25, 0.3) is 0 Å². The molecule has 0 N–H and O–H groups in total. The molecule has 0 aromatic carbocycles. The minimum Gasteiger partial charge on any atom is -0.468 e. The number of rotatable bonds is 5. The second-order valence-electron chi connectivity index (χ2n) is 4.36. The third-order valence-electron chi connectivity index (χ3n) is 3.01. The Morgan fingerprint density at radius 1 is 1.20 bits per heavy atom. The number of likely N-dealkylation sites (N-methyl/N-ethyl adjacent to an activating group) is 1. The molecule has 0 spiro atoms. The number of nitrogens with zero attached hydrogens (tertiary/aromatic N) is 2. The molecule has 20 heavy (non-hydrogen) atoms. The highest BCUT2D eigenvalue weighted by atomic mass is 16.6. The molecule has 1 fully saturated rings. The molecule has 1 heterocycles. The van der Waals surface area contributed by atoms with E-state index in [0.717, 1.165) is 12.0 Å². The fourth-order valence-corrected chi connectivity index (χ4v) is 1.64. The second kappa shape index (κ2) is 6.99. The molecule has 1 aliphatic rings. The zero-order chi connectivity index (χ0) is 15.3. The highest BCUT2D eigenvalue weighted by Gasteiger charge is 2.32. The number of carbonyl (C=O) groups excluding carboxylic acids is 4. The summed E-state index contributed by atoms with van der Waals surface area (Å²) >= 11 is 0. The minimum absolute atomic E-state index is 0.104.